The van der Waals surface area contributed by atoms with E-state index in [0.717, 1.165) is 5.56 Å². The van der Waals surface area contributed by atoms with Crippen molar-refractivity contribution in [2.24, 2.45) is 0 Å². The number of nitrogens with one attached hydrogen (secondary N) is 2. The molecule has 1 amide bonds. The van der Waals surface area contributed by atoms with Crippen LogP contribution in [0, 0.1) is 0 Å². The van der Waals surface area contributed by atoms with Gasteiger partial charge < -0.3 is 10.1 Å². The van der Waals surface area contributed by atoms with Crippen LogP contribution >= 0.6 is 11.6 Å². The molecule has 0 heterocycles. The maximum atomic E-state index is 12.3. The average molecular weight is 411 g/mol. The minimum Gasteiger partial charge on any atom is -0.383 e. The third-order valence-electron chi connectivity index (χ3n) is 3.78. The van der Waals surface area contributed by atoms with Crippen molar-refractivity contribution < 1.29 is 17.9 Å². The number of aryl methyl sites for hydroxylation is 1. The Morgan fingerprint density at radius 1 is 1.11 bits per heavy atom. The van der Waals surface area contributed by atoms with Crippen LogP contribution < -0.4 is 10.0 Å². The van der Waals surface area contributed by atoms with Gasteiger partial charge in [0.15, 0.2) is 0 Å². The number of amides is 1. The molecule has 0 aliphatic carbocycles. The van der Waals surface area contributed by atoms with Gasteiger partial charge in [0.2, 0.25) is 15.9 Å². The van der Waals surface area contributed by atoms with Crippen LogP contribution in [-0.4, -0.2) is 34.1 Å². The maximum Gasteiger partial charge on any atom is 0.240 e. The third kappa shape index (κ3) is 6.95. The van der Waals surface area contributed by atoms with Gasteiger partial charge in [-0.1, -0.05) is 23.7 Å². The summed E-state index contributed by atoms with van der Waals surface area (Å²) in [6.45, 7) is 2.00. The zero-order valence-corrected chi connectivity index (χ0v) is 16.8. The summed E-state index contributed by atoms with van der Waals surface area (Å²) in [6, 6.07) is 13.0. The van der Waals surface area contributed by atoms with Crippen molar-refractivity contribution in [3.05, 3.63) is 59.1 Å². The van der Waals surface area contributed by atoms with Gasteiger partial charge in [-0.2, -0.15) is 0 Å². The third-order valence-corrected chi connectivity index (χ3v) is 5.63. The SMILES string of the molecule is COCC(C)NS(=O)(=O)c1ccc(NC(=O)CCc2ccc(Cl)cc2)cc1. The molecule has 0 bridgehead atoms. The summed E-state index contributed by atoms with van der Waals surface area (Å²) in [6.07, 6.45) is 0.911. The second kappa shape index (κ2) is 9.85. The number of carbonyl (C=O) groups excluding carboxylic acids is 1. The van der Waals surface area contributed by atoms with Crippen LogP contribution in [0.4, 0.5) is 5.69 Å². The fourth-order valence-corrected chi connectivity index (χ4v) is 3.82. The number of halogens is 1. The van der Waals surface area contributed by atoms with Crippen molar-refractivity contribution in [3.63, 3.8) is 0 Å². The van der Waals surface area contributed by atoms with Crippen LogP contribution in [0.25, 0.3) is 0 Å². The Kier molecular flexibility index (Phi) is 7.79. The van der Waals surface area contributed by atoms with Crippen LogP contribution in [0.15, 0.2) is 53.4 Å². The first-order chi connectivity index (χ1) is 12.8. The Morgan fingerprint density at radius 2 is 1.74 bits per heavy atom. The maximum absolute atomic E-state index is 12.3. The summed E-state index contributed by atoms with van der Waals surface area (Å²) in [7, 11) is -2.12. The van der Waals surface area contributed by atoms with E-state index in [4.69, 9.17) is 16.3 Å². The van der Waals surface area contributed by atoms with Crippen LogP contribution in [0.2, 0.25) is 5.02 Å². The lowest BCUT2D eigenvalue weighted by Gasteiger charge is -2.13. The van der Waals surface area contributed by atoms with E-state index in [1.165, 1.54) is 19.2 Å². The standard InChI is InChI=1S/C19H23ClN2O4S/c1-14(13-26-2)22-27(24,25)18-10-8-17(9-11-18)21-19(23)12-5-15-3-6-16(20)7-4-15/h3-4,6-11,14,22H,5,12-13H2,1-2H3,(H,21,23). The summed E-state index contributed by atoms with van der Waals surface area (Å²) in [4.78, 5) is 12.2. The first-order valence-electron chi connectivity index (χ1n) is 8.46. The molecule has 0 saturated carbocycles. The molecule has 0 aromatic heterocycles. The molecule has 2 rings (SSSR count). The van der Waals surface area contributed by atoms with Crippen molar-refractivity contribution in [3.8, 4) is 0 Å². The second-order valence-corrected chi connectivity index (χ2v) is 8.33. The van der Waals surface area contributed by atoms with Crippen molar-refractivity contribution >= 4 is 33.2 Å². The quantitative estimate of drug-likeness (QED) is 0.664. The summed E-state index contributed by atoms with van der Waals surface area (Å²) in [5.74, 6) is -0.146. The molecule has 2 aromatic rings. The van der Waals surface area contributed by atoms with Gasteiger partial charge in [-0.15, -0.1) is 0 Å². The van der Waals surface area contributed by atoms with Gasteiger partial charge in [-0.25, -0.2) is 13.1 Å². The fraction of sp³-hybridized carbons (Fsp3) is 0.316. The predicted molar refractivity (Wildman–Crippen MR) is 107 cm³/mol. The highest BCUT2D eigenvalue weighted by atomic mass is 35.5. The number of ether oxygens (including phenoxy) is 1. The molecule has 6 nitrogen and oxygen atoms in total. The molecule has 0 aliphatic rings. The van der Waals surface area contributed by atoms with E-state index < -0.39 is 10.0 Å². The van der Waals surface area contributed by atoms with E-state index in [0.29, 0.717) is 23.6 Å². The Hall–Kier alpha value is -1.93. The van der Waals surface area contributed by atoms with E-state index in [-0.39, 0.29) is 23.5 Å². The average Bonchev–Trinajstić information content (AvgIpc) is 2.61. The van der Waals surface area contributed by atoms with Gasteiger partial charge in [-0.3, -0.25) is 4.79 Å². The molecule has 1 atom stereocenters. The molecular formula is C19H23ClN2O4S. The lowest BCUT2D eigenvalue weighted by molar-refractivity contribution is -0.116. The first-order valence-corrected chi connectivity index (χ1v) is 10.3. The van der Waals surface area contributed by atoms with Crippen molar-refractivity contribution in [2.75, 3.05) is 19.0 Å². The fourth-order valence-electron chi connectivity index (χ4n) is 2.47. The van der Waals surface area contributed by atoms with Crippen LogP contribution in [-0.2, 0) is 26.0 Å². The Labute approximate surface area is 164 Å². The number of rotatable bonds is 9. The number of carbonyl (C=O) groups is 1. The molecular weight excluding hydrogens is 388 g/mol. The first kappa shape index (κ1) is 21.4. The molecule has 2 aromatic carbocycles. The molecule has 0 spiro atoms. The van der Waals surface area contributed by atoms with Gasteiger partial charge in [0.1, 0.15) is 0 Å². The number of sulfonamides is 1. The zero-order valence-electron chi connectivity index (χ0n) is 15.2. The van der Waals surface area contributed by atoms with E-state index in [1.807, 2.05) is 12.1 Å². The monoisotopic (exact) mass is 410 g/mol. The molecule has 2 N–H and O–H groups in total. The van der Waals surface area contributed by atoms with E-state index in [1.54, 1.807) is 31.2 Å². The highest BCUT2D eigenvalue weighted by molar-refractivity contribution is 7.89. The molecule has 27 heavy (non-hydrogen) atoms. The second-order valence-electron chi connectivity index (χ2n) is 6.18. The van der Waals surface area contributed by atoms with Gasteiger partial charge in [0.05, 0.1) is 11.5 Å². The highest BCUT2D eigenvalue weighted by Crippen LogP contribution is 2.16. The number of hydrogen-bond donors (Lipinski definition) is 2. The lowest BCUT2D eigenvalue weighted by Crippen LogP contribution is -2.35. The number of methoxy groups -OCH3 is 1. The van der Waals surface area contributed by atoms with Crippen molar-refractivity contribution in [1.29, 1.82) is 0 Å². The molecule has 8 heteroatoms. The van der Waals surface area contributed by atoms with Gasteiger partial charge in [0.25, 0.3) is 0 Å². The Bertz CT molecular complexity index is 852. The van der Waals surface area contributed by atoms with Gasteiger partial charge >= 0.3 is 0 Å². The topological polar surface area (TPSA) is 84.5 Å². The predicted octanol–water partition coefficient (Wildman–Crippen LogP) is 3.22. The minimum atomic E-state index is -3.63. The number of hydrogen-bond acceptors (Lipinski definition) is 4. The molecule has 0 radical (unpaired) electrons. The van der Waals surface area contributed by atoms with E-state index >= 15 is 0 Å². The largest absolute Gasteiger partial charge is 0.383 e. The number of anilines is 1. The number of benzene rings is 2. The van der Waals surface area contributed by atoms with Crippen LogP contribution in [0.3, 0.4) is 0 Å². The van der Waals surface area contributed by atoms with Gasteiger partial charge in [-0.05, 0) is 55.3 Å². The molecule has 0 fully saturated rings. The lowest BCUT2D eigenvalue weighted by atomic mass is 10.1. The minimum absolute atomic E-state index is 0.129. The van der Waals surface area contributed by atoms with E-state index in [9.17, 15) is 13.2 Å². The van der Waals surface area contributed by atoms with Crippen molar-refractivity contribution in [2.45, 2.75) is 30.7 Å². The highest BCUT2D eigenvalue weighted by Gasteiger charge is 2.17. The van der Waals surface area contributed by atoms with Crippen LogP contribution in [0.5, 0.6) is 0 Å². The molecule has 146 valence electrons. The zero-order chi connectivity index (χ0) is 19.9. The molecule has 0 saturated heterocycles. The van der Waals surface area contributed by atoms with Gasteiger partial charge in [0, 0.05) is 30.3 Å². The molecule has 1 unspecified atom stereocenters. The van der Waals surface area contributed by atoms with Crippen molar-refractivity contribution in [1.82, 2.24) is 4.72 Å². The normalized spacial score (nSPS) is 12.6. The summed E-state index contributed by atoms with van der Waals surface area (Å²) in [5.41, 5.74) is 1.56. The summed E-state index contributed by atoms with van der Waals surface area (Å²) in [5, 5.41) is 3.42. The van der Waals surface area contributed by atoms with Crippen LogP contribution in [0.1, 0.15) is 18.9 Å². The van der Waals surface area contributed by atoms with E-state index in [2.05, 4.69) is 10.0 Å². The Morgan fingerprint density at radius 3 is 2.33 bits per heavy atom. The smallest absolute Gasteiger partial charge is 0.240 e. The summed E-state index contributed by atoms with van der Waals surface area (Å²) < 4.78 is 32.0. The molecule has 0 aliphatic heterocycles. The summed E-state index contributed by atoms with van der Waals surface area (Å²) >= 11 is 5.84. The Balaban J connectivity index is 1.90.